The van der Waals surface area contributed by atoms with E-state index in [4.69, 9.17) is 10.2 Å². The van der Waals surface area contributed by atoms with Crippen molar-refractivity contribution in [2.45, 2.75) is 30.8 Å². The van der Waals surface area contributed by atoms with Gasteiger partial charge in [0, 0.05) is 0 Å². The van der Waals surface area contributed by atoms with Gasteiger partial charge in [0.25, 0.3) is 0 Å². The summed E-state index contributed by atoms with van der Waals surface area (Å²) in [6, 6.07) is 0. The zero-order valence-electron chi connectivity index (χ0n) is 7.20. The number of allylic oxidation sites excluding steroid dienone is 4. The van der Waals surface area contributed by atoms with Crippen molar-refractivity contribution in [3.8, 4) is 0 Å². The van der Waals surface area contributed by atoms with Gasteiger partial charge in [0.05, 0.1) is 0 Å². The van der Waals surface area contributed by atoms with Crippen LogP contribution in [0.1, 0.15) is 19.8 Å². The van der Waals surface area contributed by atoms with Crippen molar-refractivity contribution in [1.82, 2.24) is 0 Å². The maximum absolute atomic E-state index is 8.89. The average molecular weight is 230 g/mol. The van der Waals surface area contributed by atoms with Crippen LogP contribution in [0.2, 0.25) is 4.71 Å². The van der Waals surface area contributed by atoms with Crippen molar-refractivity contribution in [1.29, 1.82) is 0 Å². The molecular weight excluding hydrogens is 215 g/mol. The summed E-state index contributed by atoms with van der Waals surface area (Å²) in [5.41, 5.74) is 0. The second-order valence-corrected chi connectivity index (χ2v) is 6.71. The Morgan fingerprint density at radius 1 is 1.42 bits per heavy atom. The predicted octanol–water partition coefficient (Wildman–Crippen LogP) is 0.776. The van der Waals surface area contributed by atoms with Gasteiger partial charge in [-0.2, -0.15) is 0 Å². The molecule has 0 radical (unpaired) electrons. The standard InChI is InChI=1S/C9H15AsO2/c1-7(9(11)12)10-8-5-3-2-4-6-8/h3,5-7,9-12H,2,4H2,1H3. The molecule has 0 heterocycles. The molecule has 0 aliphatic heterocycles. The van der Waals surface area contributed by atoms with Gasteiger partial charge in [0.2, 0.25) is 0 Å². The van der Waals surface area contributed by atoms with Crippen molar-refractivity contribution in [3.63, 3.8) is 0 Å². The molecule has 0 aromatic rings. The molecule has 12 heavy (non-hydrogen) atoms. The van der Waals surface area contributed by atoms with Crippen molar-refractivity contribution < 1.29 is 10.2 Å². The summed E-state index contributed by atoms with van der Waals surface area (Å²) in [5.74, 6) is 0. The van der Waals surface area contributed by atoms with E-state index in [1.807, 2.05) is 6.92 Å². The number of aliphatic hydroxyl groups excluding tert-OH is 1. The Morgan fingerprint density at radius 2 is 2.17 bits per heavy atom. The molecule has 3 heteroatoms. The molecule has 0 aromatic carbocycles. The third-order valence-corrected chi connectivity index (χ3v) is 4.89. The normalized spacial score (nSPS) is 20.5. The van der Waals surface area contributed by atoms with Crippen molar-refractivity contribution in [2.75, 3.05) is 0 Å². The second kappa shape index (κ2) is 4.86. The summed E-state index contributed by atoms with van der Waals surface area (Å²) in [7, 11) is 0. The van der Waals surface area contributed by atoms with E-state index >= 15 is 0 Å². The third-order valence-electron chi connectivity index (χ3n) is 1.84. The number of hydrogen-bond acceptors (Lipinski definition) is 2. The van der Waals surface area contributed by atoms with Crippen LogP contribution in [-0.4, -0.2) is 32.3 Å². The van der Waals surface area contributed by atoms with Crippen LogP contribution in [0.4, 0.5) is 0 Å². The van der Waals surface area contributed by atoms with Gasteiger partial charge in [0.15, 0.2) is 0 Å². The minimum absolute atomic E-state index is 0.0546. The molecule has 1 aliphatic carbocycles. The van der Waals surface area contributed by atoms with Gasteiger partial charge in [-0.15, -0.1) is 0 Å². The topological polar surface area (TPSA) is 40.5 Å². The SMILES string of the molecule is CC([AsH]C1=CCCC=C1)C(O)O. The fourth-order valence-electron chi connectivity index (χ4n) is 1.06. The van der Waals surface area contributed by atoms with E-state index in [1.165, 1.54) is 4.36 Å². The van der Waals surface area contributed by atoms with Crippen LogP contribution in [0.5, 0.6) is 0 Å². The zero-order chi connectivity index (χ0) is 8.97. The molecule has 0 saturated heterocycles. The zero-order valence-corrected chi connectivity index (χ0v) is 9.29. The molecule has 0 spiro atoms. The molecule has 0 saturated carbocycles. The van der Waals surface area contributed by atoms with Crippen LogP contribution in [0.3, 0.4) is 0 Å². The van der Waals surface area contributed by atoms with Gasteiger partial charge in [-0.3, -0.25) is 0 Å². The first-order valence-corrected chi connectivity index (χ1v) is 6.45. The Morgan fingerprint density at radius 3 is 2.67 bits per heavy atom. The second-order valence-electron chi connectivity index (χ2n) is 2.99. The fraction of sp³-hybridized carbons (Fsp3) is 0.556. The van der Waals surface area contributed by atoms with Gasteiger partial charge in [-0.1, -0.05) is 0 Å². The van der Waals surface area contributed by atoms with Crippen LogP contribution < -0.4 is 0 Å². The maximum atomic E-state index is 8.89. The molecule has 2 atom stereocenters. The number of rotatable bonds is 3. The van der Waals surface area contributed by atoms with Crippen molar-refractivity contribution in [2.24, 2.45) is 0 Å². The van der Waals surface area contributed by atoms with Crippen LogP contribution in [0.15, 0.2) is 22.6 Å². The molecule has 0 amide bonds. The van der Waals surface area contributed by atoms with Gasteiger partial charge in [-0.25, -0.2) is 0 Å². The first-order valence-electron chi connectivity index (χ1n) is 4.19. The summed E-state index contributed by atoms with van der Waals surface area (Å²) in [6.45, 7) is 1.90. The number of hydrogen-bond donors (Lipinski definition) is 2. The Labute approximate surface area is 79.7 Å². The van der Waals surface area contributed by atoms with E-state index in [0.29, 0.717) is 0 Å². The molecule has 1 aliphatic rings. The van der Waals surface area contributed by atoms with Gasteiger partial charge in [0.1, 0.15) is 0 Å². The van der Waals surface area contributed by atoms with E-state index < -0.39 is 6.29 Å². The molecule has 0 fully saturated rings. The molecule has 2 N–H and O–H groups in total. The van der Waals surface area contributed by atoms with Gasteiger partial charge in [-0.05, 0) is 0 Å². The Kier molecular flexibility index (Phi) is 4.06. The van der Waals surface area contributed by atoms with Gasteiger partial charge < -0.3 is 0 Å². The number of aliphatic hydroxyl groups is 2. The molecule has 0 bridgehead atoms. The van der Waals surface area contributed by atoms with E-state index in [-0.39, 0.29) is 20.5 Å². The van der Waals surface area contributed by atoms with Crippen molar-refractivity contribution in [3.05, 3.63) is 22.6 Å². The average Bonchev–Trinajstić information content (AvgIpc) is 2.06. The molecule has 68 valence electrons. The fourth-order valence-corrected chi connectivity index (χ4v) is 3.47. The van der Waals surface area contributed by atoms with E-state index in [0.717, 1.165) is 12.8 Å². The Balaban J connectivity index is 2.40. The summed E-state index contributed by atoms with van der Waals surface area (Å²) < 4.78 is 1.40. The van der Waals surface area contributed by atoms with Crippen molar-refractivity contribution >= 4 is 15.8 Å². The Hall–Kier alpha value is -0.0416. The summed E-state index contributed by atoms with van der Waals surface area (Å²) in [5, 5.41) is 17.8. The third kappa shape index (κ3) is 3.14. The van der Waals surface area contributed by atoms with Crippen LogP contribution in [0.25, 0.3) is 0 Å². The molecule has 2 nitrogen and oxygen atoms in total. The van der Waals surface area contributed by atoms with Gasteiger partial charge >= 0.3 is 79.3 Å². The van der Waals surface area contributed by atoms with Crippen LogP contribution >= 0.6 is 0 Å². The predicted molar refractivity (Wildman–Crippen MR) is 51.3 cm³/mol. The quantitative estimate of drug-likeness (QED) is 0.555. The first-order chi connectivity index (χ1) is 5.70. The Bertz CT molecular complexity index is 197. The van der Waals surface area contributed by atoms with Crippen LogP contribution in [-0.2, 0) is 0 Å². The molecule has 1 rings (SSSR count). The first kappa shape index (κ1) is 10.0. The molecular formula is C9H15AsO2. The minimum atomic E-state index is -1.14. The van der Waals surface area contributed by atoms with E-state index in [9.17, 15) is 0 Å². The summed E-state index contributed by atoms with van der Waals surface area (Å²) in [6.07, 6.45) is 7.62. The monoisotopic (exact) mass is 230 g/mol. The van der Waals surface area contributed by atoms with Crippen LogP contribution in [0, 0.1) is 0 Å². The summed E-state index contributed by atoms with van der Waals surface area (Å²) >= 11 is -0.359. The molecule has 2 unspecified atom stereocenters. The molecule has 0 aromatic heterocycles. The summed E-state index contributed by atoms with van der Waals surface area (Å²) in [4.78, 5) is 0. The van der Waals surface area contributed by atoms with E-state index in [2.05, 4.69) is 18.2 Å². The van der Waals surface area contributed by atoms with E-state index in [1.54, 1.807) is 0 Å².